The minimum Gasteiger partial charge on any atom is -0.314 e. The van der Waals surface area contributed by atoms with Crippen LogP contribution in [0.15, 0.2) is 0 Å². The molecule has 3 N–H and O–H groups in total. The maximum absolute atomic E-state index is 3.78. The quantitative estimate of drug-likeness (QED) is 0.167. The molecule has 0 aliphatic carbocycles. The van der Waals surface area contributed by atoms with Crippen molar-refractivity contribution in [2.24, 2.45) is 11.3 Å². The van der Waals surface area contributed by atoms with Gasteiger partial charge in [0.05, 0.1) is 0 Å². The van der Waals surface area contributed by atoms with Crippen molar-refractivity contribution >= 4 is 0 Å². The van der Waals surface area contributed by atoms with Gasteiger partial charge in [-0.3, -0.25) is 24.5 Å². The first-order valence-corrected chi connectivity index (χ1v) is 21.5. The van der Waals surface area contributed by atoms with Gasteiger partial charge in [-0.25, -0.2) is 0 Å². The highest BCUT2D eigenvalue weighted by molar-refractivity contribution is 4.89. The number of piperazine rings is 5. The summed E-state index contributed by atoms with van der Waals surface area (Å²) in [6, 6.07) is 0.692. The molecule has 1 unspecified atom stereocenters. The summed E-state index contributed by atoms with van der Waals surface area (Å²) in [6.07, 6.45) is 2.58. The van der Waals surface area contributed by atoms with E-state index in [9.17, 15) is 0 Å². The Labute approximate surface area is 315 Å². The molecule has 1 atom stereocenters. The lowest BCUT2D eigenvalue weighted by molar-refractivity contribution is 0.0329. The standard InChI is InChI=1S/C40H83N11/c1-37(2)38(35-48-21-13-43-14-22-48)50-31-27-47(28-32-50)20-12-42-11-19-46-23-25-49(26-24-46)36-39(3,4)7-15-45-29-33-51(34-30-45)40(5,6)8-16-44-17-9-41-10-18-44/h37-38,41-43H,7-36H2,1-6H3. The lowest BCUT2D eigenvalue weighted by atomic mass is 9.88. The monoisotopic (exact) mass is 718 g/mol. The van der Waals surface area contributed by atoms with Gasteiger partial charge < -0.3 is 30.7 Å². The lowest BCUT2D eigenvalue weighted by Gasteiger charge is -2.45. The number of hydrogen-bond acceptors (Lipinski definition) is 11. The maximum atomic E-state index is 3.78. The van der Waals surface area contributed by atoms with E-state index in [0.717, 1.165) is 39.3 Å². The topological polar surface area (TPSA) is 62.0 Å². The van der Waals surface area contributed by atoms with Crippen molar-refractivity contribution in [2.45, 2.75) is 66.0 Å². The van der Waals surface area contributed by atoms with Crippen molar-refractivity contribution < 1.29 is 0 Å². The molecule has 5 fully saturated rings. The maximum Gasteiger partial charge on any atom is 0.0247 e. The van der Waals surface area contributed by atoms with Crippen molar-refractivity contribution in [3.05, 3.63) is 0 Å². The predicted molar refractivity (Wildman–Crippen MR) is 216 cm³/mol. The molecule has 0 aromatic heterocycles. The Bertz CT molecular complexity index is 927. The molecule has 51 heavy (non-hydrogen) atoms. The van der Waals surface area contributed by atoms with Crippen molar-refractivity contribution in [3.8, 4) is 0 Å². The van der Waals surface area contributed by atoms with E-state index in [1.54, 1.807) is 0 Å². The van der Waals surface area contributed by atoms with E-state index in [1.807, 2.05) is 0 Å². The van der Waals surface area contributed by atoms with Crippen LogP contribution in [0.25, 0.3) is 0 Å². The zero-order chi connectivity index (χ0) is 36.1. The van der Waals surface area contributed by atoms with Crippen LogP contribution < -0.4 is 16.0 Å². The van der Waals surface area contributed by atoms with Crippen LogP contribution >= 0.6 is 0 Å². The highest BCUT2D eigenvalue weighted by Gasteiger charge is 2.32. The molecule has 0 saturated carbocycles. The minimum absolute atomic E-state index is 0.299. The highest BCUT2D eigenvalue weighted by Crippen LogP contribution is 2.26. The predicted octanol–water partition coefficient (Wildman–Crippen LogP) is 0.849. The average molecular weight is 718 g/mol. The summed E-state index contributed by atoms with van der Waals surface area (Å²) >= 11 is 0. The first-order valence-electron chi connectivity index (χ1n) is 21.5. The molecule has 0 aromatic rings. The van der Waals surface area contributed by atoms with Gasteiger partial charge >= 0.3 is 0 Å². The van der Waals surface area contributed by atoms with Crippen LogP contribution in [0.2, 0.25) is 0 Å². The molecule has 5 heterocycles. The molecule has 0 amide bonds. The third-order valence-electron chi connectivity index (χ3n) is 13.2. The van der Waals surface area contributed by atoms with Crippen LogP contribution in [0.5, 0.6) is 0 Å². The summed E-state index contributed by atoms with van der Waals surface area (Å²) in [6.45, 7) is 48.5. The molecule has 5 saturated heterocycles. The fourth-order valence-electron chi connectivity index (χ4n) is 9.24. The van der Waals surface area contributed by atoms with Gasteiger partial charge in [-0.2, -0.15) is 0 Å². The molecule has 11 nitrogen and oxygen atoms in total. The van der Waals surface area contributed by atoms with Gasteiger partial charge in [0.1, 0.15) is 0 Å². The molecule has 5 rings (SSSR count). The number of nitrogens with zero attached hydrogens (tertiary/aromatic N) is 8. The van der Waals surface area contributed by atoms with Crippen molar-refractivity contribution in [1.29, 1.82) is 0 Å². The summed E-state index contributed by atoms with van der Waals surface area (Å²) in [5.41, 5.74) is 0.669. The molecule has 298 valence electrons. The Morgan fingerprint density at radius 1 is 0.510 bits per heavy atom. The van der Waals surface area contributed by atoms with Gasteiger partial charge in [-0.05, 0) is 51.1 Å². The molecule has 11 heteroatoms. The van der Waals surface area contributed by atoms with Gasteiger partial charge in [0.15, 0.2) is 0 Å². The molecule has 5 aliphatic rings. The summed E-state index contributed by atoms with van der Waals surface area (Å²) in [5.74, 6) is 0.717. The zero-order valence-corrected chi connectivity index (χ0v) is 34.4. The number of hydrogen-bond donors (Lipinski definition) is 3. The Morgan fingerprint density at radius 3 is 1.53 bits per heavy atom. The first kappa shape index (κ1) is 41.7. The van der Waals surface area contributed by atoms with E-state index in [4.69, 9.17) is 0 Å². The summed E-state index contributed by atoms with van der Waals surface area (Å²) in [7, 11) is 0. The Balaban J connectivity index is 0.871. The zero-order valence-electron chi connectivity index (χ0n) is 34.4. The third-order valence-corrected chi connectivity index (χ3v) is 13.2. The first-order chi connectivity index (χ1) is 24.6. The molecule has 0 spiro atoms. The second-order valence-electron chi connectivity index (χ2n) is 18.5. The van der Waals surface area contributed by atoms with Gasteiger partial charge in [-0.1, -0.05) is 27.7 Å². The van der Waals surface area contributed by atoms with Crippen LogP contribution in [-0.2, 0) is 0 Å². The van der Waals surface area contributed by atoms with Crippen molar-refractivity contribution in [3.63, 3.8) is 0 Å². The highest BCUT2D eigenvalue weighted by atomic mass is 15.3. The summed E-state index contributed by atoms with van der Waals surface area (Å²) < 4.78 is 0. The van der Waals surface area contributed by atoms with Crippen LogP contribution in [-0.4, -0.2) is 234 Å². The van der Waals surface area contributed by atoms with Crippen LogP contribution in [0.1, 0.15) is 54.4 Å². The van der Waals surface area contributed by atoms with Crippen LogP contribution in [0, 0.1) is 11.3 Å². The molecule has 0 bridgehead atoms. The molecule has 0 aromatic carbocycles. The molecule has 5 aliphatic heterocycles. The smallest absolute Gasteiger partial charge is 0.0247 e. The van der Waals surface area contributed by atoms with Gasteiger partial charge in [-0.15, -0.1) is 0 Å². The van der Waals surface area contributed by atoms with Crippen LogP contribution in [0.3, 0.4) is 0 Å². The number of nitrogens with one attached hydrogen (secondary N) is 3. The van der Waals surface area contributed by atoms with E-state index in [-0.39, 0.29) is 0 Å². The fourth-order valence-corrected chi connectivity index (χ4v) is 9.24. The van der Waals surface area contributed by atoms with Gasteiger partial charge in [0, 0.05) is 182 Å². The lowest BCUT2D eigenvalue weighted by Crippen LogP contribution is -2.57. The molecular formula is C40H83N11. The summed E-state index contributed by atoms with van der Waals surface area (Å²) in [4.78, 5) is 21.7. The van der Waals surface area contributed by atoms with E-state index < -0.39 is 0 Å². The second kappa shape index (κ2) is 21.0. The van der Waals surface area contributed by atoms with Gasteiger partial charge in [0.2, 0.25) is 0 Å². The molecular weight excluding hydrogens is 635 g/mol. The van der Waals surface area contributed by atoms with Crippen LogP contribution in [0.4, 0.5) is 0 Å². The minimum atomic E-state index is 0.299. The summed E-state index contributed by atoms with van der Waals surface area (Å²) in [5, 5.41) is 10.8. The second-order valence-corrected chi connectivity index (χ2v) is 18.5. The van der Waals surface area contributed by atoms with Crippen molar-refractivity contribution in [2.75, 3.05) is 183 Å². The van der Waals surface area contributed by atoms with Crippen molar-refractivity contribution in [1.82, 2.24) is 55.1 Å². The van der Waals surface area contributed by atoms with E-state index in [1.165, 1.54) is 157 Å². The van der Waals surface area contributed by atoms with E-state index in [0.29, 0.717) is 22.9 Å². The SMILES string of the molecule is CC(C)C(CN1CCNCC1)N1CCN(CCNCCN2CCN(CC(C)(C)CCN3CCN(C(C)(C)CCN4CCNCC4)CC3)CC2)CC1. The number of rotatable bonds is 19. The Hall–Kier alpha value is -0.440. The third kappa shape index (κ3) is 14.3. The van der Waals surface area contributed by atoms with Gasteiger partial charge in [0.25, 0.3) is 0 Å². The Morgan fingerprint density at radius 2 is 0.961 bits per heavy atom. The van der Waals surface area contributed by atoms with E-state index >= 15 is 0 Å². The average Bonchev–Trinajstić information content (AvgIpc) is 3.14. The fraction of sp³-hybridized carbons (Fsp3) is 1.00. The van der Waals surface area contributed by atoms with E-state index in [2.05, 4.69) is 96.7 Å². The largest absolute Gasteiger partial charge is 0.314 e. The Kier molecular flexibility index (Phi) is 17.2. The normalized spacial score (nSPS) is 25.2. The molecule has 0 radical (unpaired) electrons.